The number of aliphatic hydroxyl groups is 1. The van der Waals surface area contributed by atoms with Crippen molar-refractivity contribution in [3.05, 3.63) is 65.7 Å². The van der Waals surface area contributed by atoms with Crippen molar-refractivity contribution >= 4 is 0 Å². The van der Waals surface area contributed by atoms with E-state index in [1.807, 2.05) is 82.3 Å². The Labute approximate surface area is 262 Å². The molecule has 1 N–H and O–H groups in total. The van der Waals surface area contributed by atoms with Crippen LogP contribution in [-0.4, -0.2) is 98.4 Å². The second-order valence-corrected chi connectivity index (χ2v) is 12.9. The van der Waals surface area contributed by atoms with E-state index in [0.29, 0.717) is 6.61 Å². The summed E-state index contributed by atoms with van der Waals surface area (Å²) in [6.45, 7) is 8.02. The van der Waals surface area contributed by atoms with Gasteiger partial charge in [-0.2, -0.15) is 0 Å². The molecular formula is C33H42O12. The first-order chi connectivity index (χ1) is 21.6. The van der Waals surface area contributed by atoms with Gasteiger partial charge in [-0.25, -0.2) is 0 Å². The van der Waals surface area contributed by atoms with Gasteiger partial charge in [-0.1, -0.05) is 42.5 Å². The van der Waals surface area contributed by atoms with E-state index in [4.69, 9.17) is 52.1 Å². The van der Waals surface area contributed by atoms with Crippen molar-refractivity contribution in [1.82, 2.24) is 0 Å². The highest BCUT2D eigenvalue weighted by Crippen LogP contribution is 2.44. The minimum Gasteiger partial charge on any atom is -0.497 e. The Morgan fingerprint density at radius 2 is 1.56 bits per heavy atom. The molecule has 0 aromatic heterocycles. The number of benzene rings is 2. The molecule has 0 bridgehead atoms. The molecule has 11 atom stereocenters. The average Bonchev–Trinajstić information content (AvgIpc) is 3.66. The van der Waals surface area contributed by atoms with Crippen molar-refractivity contribution in [1.29, 1.82) is 0 Å². The van der Waals surface area contributed by atoms with E-state index < -0.39 is 79.3 Å². The average molecular weight is 631 g/mol. The number of methoxy groups -OCH3 is 1. The highest BCUT2D eigenvalue weighted by molar-refractivity contribution is 5.26. The third-order valence-corrected chi connectivity index (χ3v) is 8.70. The van der Waals surface area contributed by atoms with Crippen LogP contribution in [0.4, 0.5) is 0 Å². The molecule has 5 fully saturated rings. The second-order valence-electron chi connectivity index (χ2n) is 12.9. The number of fused-ring (bicyclic) bond motifs is 2. The largest absolute Gasteiger partial charge is 0.497 e. The van der Waals surface area contributed by atoms with Crippen LogP contribution in [0.25, 0.3) is 0 Å². The van der Waals surface area contributed by atoms with E-state index in [1.54, 1.807) is 7.11 Å². The Kier molecular flexibility index (Phi) is 8.68. The van der Waals surface area contributed by atoms with Gasteiger partial charge in [-0.05, 0) is 45.4 Å². The molecule has 0 radical (unpaired) electrons. The summed E-state index contributed by atoms with van der Waals surface area (Å²) in [4.78, 5) is 0. The van der Waals surface area contributed by atoms with Gasteiger partial charge in [0.05, 0.1) is 26.9 Å². The molecule has 7 rings (SSSR count). The molecule has 5 aliphatic rings. The Morgan fingerprint density at radius 3 is 2.27 bits per heavy atom. The number of rotatable bonds is 8. The van der Waals surface area contributed by atoms with Gasteiger partial charge in [-0.3, -0.25) is 0 Å². The molecule has 0 aliphatic carbocycles. The van der Waals surface area contributed by atoms with Crippen molar-refractivity contribution in [2.75, 3.05) is 20.3 Å². The number of ether oxygens (including phenoxy) is 11. The molecule has 45 heavy (non-hydrogen) atoms. The molecule has 12 heteroatoms. The molecule has 2 aromatic rings. The summed E-state index contributed by atoms with van der Waals surface area (Å²) in [5.74, 6) is -0.928. The summed E-state index contributed by atoms with van der Waals surface area (Å²) in [5, 5.41) is 11.8. The van der Waals surface area contributed by atoms with E-state index >= 15 is 0 Å². The molecule has 5 heterocycles. The Hall–Kier alpha value is -2.20. The zero-order valence-corrected chi connectivity index (χ0v) is 26.1. The lowest BCUT2D eigenvalue weighted by atomic mass is 9.97. The highest BCUT2D eigenvalue weighted by Gasteiger charge is 2.61. The van der Waals surface area contributed by atoms with Crippen molar-refractivity contribution in [2.24, 2.45) is 0 Å². The van der Waals surface area contributed by atoms with E-state index in [-0.39, 0.29) is 13.2 Å². The van der Waals surface area contributed by atoms with E-state index in [1.165, 1.54) is 0 Å². The summed E-state index contributed by atoms with van der Waals surface area (Å²) in [6, 6.07) is 17.1. The van der Waals surface area contributed by atoms with Crippen LogP contribution in [0.2, 0.25) is 0 Å². The smallest absolute Gasteiger partial charge is 0.190 e. The number of hydrogen-bond donors (Lipinski definition) is 1. The first-order valence-electron chi connectivity index (χ1n) is 15.5. The van der Waals surface area contributed by atoms with Crippen LogP contribution in [0.3, 0.4) is 0 Å². The SMILES string of the molecule is COc1ccc(CO[C@@H]2[C@H](O[C@@H]3[C@H]4OC(C)(C)O[C@H]4O[C@@H]3[C@H]3COC(C)(C)O3)O[C@@H]3COC(c4ccccc4)O[C@H]3[C@@H]2O)cc1. The third kappa shape index (κ3) is 6.52. The predicted molar refractivity (Wildman–Crippen MR) is 155 cm³/mol. The van der Waals surface area contributed by atoms with E-state index in [9.17, 15) is 5.11 Å². The molecule has 0 spiro atoms. The third-order valence-electron chi connectivity index (χ3n) is 8.70. The predicted octanol–water partition coefficient (Wildman–Crippen LogP) is 3.19. The maximum atomic E-state index is 11.8. The lowest BCUT2D eigenvalue weighted by Crippen LogP contribution is -2.64. The first kappa shape index (κ1) is 31.4. The molecule has 246 valence electrons. The zero-order valence-electron chi connectivity index (χ0n) is 26.1. The van der Waals surface area contributed by atoms with Crippen molar-refractivity contribution in [2.45, 2.75) is 114 Å². The standard InChI is InChI=1S/C33H42O12/c1-32(2)38-17-22(43-32)25-27(28-31(41-25)45-33(3,4)44-28)42-30-26(36-15-18-11-13-20(35-5)14-12-18)23(34)24-21(39-30)16-37-29(40-24)19-9-7-6-8-10-19/h6-14,21-31,34H,15-17H2,1-5H3/t21-,22-,23+,24-,25-,26+,27+,28-,29?,30+,31-/m1/s1. The van der Waals surface area contributed by atoms with Crippen LogP contribution in [0, 0.1) is 0 Å². The molecule has 0 amide bonds. The fourth-order valence-corrected chi connectivity index (χ4v) is 6.54. The van der Waals surface area contributed by atoms with Crippen LogP contribution < -0.4 is 4.74 Å². The molecule has 1 unspecified atom stereocenters. The van der Waals surface area contributed by atoms with Gasteiger partial charge in [0.1, 0.15) is 54.6 Å². The van der Waals surface area contributed by atoms with Crippen LogP contribution in [0.15, 0.2) is 54.6 Å². The van der Waals surface area contributed by atoms with Gasteiger partial charge in [0, 0.05) is 5.56 Å². The Morgan fingerprint density at radius 1 is 0.778 bits per heavy atom. The van der Waals surface area contributed by atoms with Crippen molar-refractivity contribution < 1.29 is 57.2 Å². The van der Waals surface area contributed by atoms with Gasteiger partial charge in [-0.15, -0.1) is 0 Å². The minimum absolute atomic E-state index is 0.183. The Balaban J connectivity index is 1.14. The van der Waals surface area contributed by atoms with Crippen LogP contribution in [0.1, 0.15) is 45.1 Å². The summed E-state index contributed by atoms with van der Waals surface area (Å²) < 4.78 is 67.9. The second kappa shape index (κ2) is 12.4. The molecule has 12 nitrogen and oxygen atoms in total. The van der Waals surface area contributed by atoms with Crippen molar-refractivity contribution in [3.8, 4) is 5.75 Å². The minimum atomic E-state index is -1.11. The van der Waals surface area contributed by atoms with Crippen molar-refractivity contribution in [3.63, 3.8) is 0 Å². The normalized spacial score (nSPS) is 40.2. The molecule has 5 saturated heterocycles. The van der Waals surface area contributed by atoms with Gasteiger partial charge in [0.15, 0.2) is 30.4 Å². The monoisotopic (exact) mass is 630 g/mol. The molecule has 5 aliphatic heterocycles. The maximum absolute atomic E-state index is 11.8. The zero-order chi connectivity index (χ0) is 31.3. The van der Waals surface area contributed by atoms with E-state index in [2.05, 4.69) is 0 Å². The van der Waals surface area contributed by atoms with Gasteiger partial charge in [0.2, 0.25) is 0 Å². The van der Waals surface area contributed by atoms with Gasteiger partial charge >= 0.3 is 0 Å². The highest BCUT2D eigenvalue weighted by atomic mass is 16.9. The summed E-state index contributed by atoms with van der Waals surface area (Å²) in [7, 11) is 1.62. The van der Waals surface area contributed by atoms with Crippen LogP contribution >= 0.6 is 0 Å². The molecule has 2 aromatic carbocycles. The molecular weight excluding hydrogens is 588 g/mol. The summed E-state index contributed by atoms with van der Waals surface area (Å²) in [6.07, 6.45) is -8.09. The molecule has 0 saturated carbocycles. The van der Waals surface area contributed by atoms with Crippen LogP contribution in [0.5, 0.6) is 5.75 Å². The Bertz CT molecular complexity index is 1290. The quantitative estimate of drug-likeness (QED) is 0.461. The van der Waals surface area contributed by atoms with E-state index in [0.717, 1.165) is 16.9 Å². The number of aliphatic hydroxyl groups excluding tert-OH is 1. The van der Waals surface area contributed by atoms with Gasteiger partial charge < -0.3 is 57.2 Å². The van der Waals surface area contributed by atoms with Crippen LogP contribution in [-0.2, 0) is 54.0 Å². The number of hydrogen-bond acceptors (Lipinski definition) is 12. The summed E-state index contributed by atoms with van der Waals surface area (Å²) in [5.41, 5.74) is 1.73. The lowest BCUT2D eigenvalue weighted by Gasteiger charge is -2.48. The lowest BCUT2D eigenvalue weighted by molar-refractivity contribution is -0.376. The fourth-order valence-electron chi connectivity index (χ4n) is 6.54. The first-order valence-corrected chi connectivity index (χ1v) is 15.5. The fraction of sp³-hybridized carbons (Fsp3) is 0.636. The topological polar surface area (TPSA) is 122 Å². The maximum Gasteiger partial charge on any atom is 0.190 e. The van der Waals surface area contributed by atoms with Gasteiger partial charge in [0.25, 0.3) is 0 Å². The summed E-state index contributed by atoms with van der Waals surface area (Å²) >= 11 is 0.